The molecule has 4 rings (SSSR count). The fourth-order valence-corrected chi connectivity index (χ4v) is 4.86. The molecule has 2 N–H and O–H groups in total. The van der Waals surface area contributed by atoms with Gasteiger partial charge >= 0.3 is 0 Å². The monoisotopic (exact) mass is 368 g/mol. The van der Waals surface area contributed by atoms with Crippen LogP contribution in [0, 0.1) is 0 Å². The Kier molecular flexibility index (Phi) is 5.01. The lowest BCUT2D eigenvalue weighted by molar-refractivity contribution is 0.0906. The number of carbonyl (C=O) groups is 1. The number of carbonyl (C=O) groups excluding carboxylic acids is 1. The van der Waals surface area contributed by atoms with Crippen LogP contribution in [-0.4, -0.2) is 23.4 Å². The fraction of sp³-hybridized carbons (Fsp3) is 0.409. The van der Waals surface area contributed by atoms with Crippen molar-refractivity contribution in [2.45, 2.75) is 49.7 Å². The maximum Gasteiger partial charge on any atom is 0.252 e. The first-order chi connectivity index (χ1) is 12.7. The Hall–Kier alpha value is -1.84. The number of halogens is 1. The third kappa shape index (κ3) is 3.26. The lowest BCUT2D eigenvalue weighted by Gasteiger charge is -2.37. The zero-order valence-corrected chi connectivity index (χ0v) is 15.6. The van der Waals surface area contributed by atoms with E-state index in [2.05, 4.69) is 22.8 Å². The Morgan fingerprint density at radius 2 is 1.81 bits per heavy atom. The Bertz CT molecular complexity index is 769. The summed E-state index contributed by atoms with van der Waals surface area (Å²) in [6.45, 7) is 0. The highest BCUT2D eigenvalue weighted by Gasteiger charge is 2.50. The molecule has 2 aliphatic heterocycles. The SMILES string of the molecule is O=C(NC(c1ccccc1)C12CCC(CC1)N2)c1ccccc1CCCl. The van der Waals surface area contributed by atoms with Gasteiger partial charge in [-0.25, -0.2) is 0 Å². The van der Waals surface area contributed by atoms with Gasteiger partial charge in [-0.3, -0.25) is 4.79 Å². The number of hydrogen-bond acceptors (Lipinski definition) is 2. The smallest absolute Gasteiger partial charge is 0.252 e. The van der Waals surface area contributed by atoms with Crippen LogP contribution in [0.4, 0.5) is 0 Å². The number of alkyl halides is 1. The van der Waals surface area contributed by atoms with Crippen LogP contribution in [-0.2, 0) is 6.42 Å². The van der Waals surface area contributed by atoms with E-state index in [1.165, 1.54) is 18.4 Å². The number of rotatable bonds is 6. The molecule has 2 heterocycles. The average Bonchev–Trinajstić information content (AvgIpc) is 3.29. The highest BCUT2D eigenvalue weighted by atomic mass is 35.5. The molecule has 0 aliphatic carbocycles. The van der Waals surface area contributed by atoms with Crippen molar-refractivity contribution in [3.05, 3.63) is 71.3 Å². The second-order valence-electron chi connectivity index (χ2n) is 7.49. The lowest BCUT2D eigenvalue weighted by atomic mass is 9.78. The lowest BCUT2D eigenvalue weighted by Crippen LogP contribution is -2.50. The molecule has 1 atom stereocenters. The van der Waals surface area contributed by atoms with E-state index < -0.39 is 0 Å². The van der Waals surface area contributed by atoms with Crippen molar-refractivity contribution in [3.63, 3.8) is 0 Å². The number of nitrogens with one attached hydrogen (secondary N) is 2. The summed E-state index contributed by atoms with van der Waals surface area (Å²) in [6.07, 6.45) is 5.32. The zero-order valence-electron chi connectivity index (χ0n) is 14.9. The summed E-state index contributed by atoms with van der Waals surface area (Å²) in [4.78, 5) is 13.2. The maximum atomic E-state index is 13.2. The zero-order chi connectivity index (χ0) is 18.0. The van der Waals surface area contributed by atoms with E-state index >= 15 is 0 Å². The fourth-order valence-electron chi connectivity index (χ4n) is 4.66. The highest BCUT2D eigenvalue weighted by Crippen LogP contribution is 2.45. The van der Waals surface area contributed by atoms with Crippen LogP contribution in [0.1, 0.15) is 53.2 Å². The van der Waals surface area contributed by atoms with E-state index in [1.807, 2.05) is 42.5 Å². The van der Waals surface area contributed by atoms with Gasteiger partial charge in [0.25, 0.3) is 5.91 Å². The topological polar surface area (TPSA) is 41.1 Å². The van der Waals surface area contributed by atoms with Crippen LogP contribution in [0.25, 0.3) is 0 Å². The molecule has 0 aromatic heterocycles. The largest absolute Gasteiger partial charge is 0.343 e. The molecule has 3 nitrogen and oxygen atoms in total. The Morgan fingerprint density at radius 3 is 2.46 bits per heavy atom. The molecule has 2 fully saturated rings. The molecule has 0 radical (unpaired) electrons. The van der Waals surface area contributed by atoms with Crippen LogP contribution in [0.2, 0.25) is 0 Å². The summed E-state index contributed by atoms with van der Waals surface area (Å²) < 4.78 is 0. The normalized spacial score (nSPS) is 25.2. The van der Waals surface area contributed by atoms with Crippen molar-refractivity contribution in [3.8, 4) is 0 Å². The molecule has 2 aromatic rings. The van der Waals surface area contributed by atoms with Gasteiger partial charge in [-0.1, -0.05) is 48.5 Å². The number of fused-ring (bicyclic) bond motifs is 2. The quantitative estimate of drug-likeness (QED) is 0.749. The molecule has 2 saturated heterocycles. The summed E-state index contributed by atoms with van der Waals surface area (Å²) in [5.41, 5.74) is 2.89. The summed E-state index contributed by atoms with van der Waals surface area (Å²) in [6, 6.07) is 18.7. The van der Waals surface area contributed by atoms with Gasteiger partial charge in [0.05, 0.1) is 6.04 Å². The molecule has 2 aromatic carbocycles. The molecular weight excluding hydrogens is 344 g/mol. The minimum atomic E-state index is -0.0247. The second kappa shape index (κ2) is 7.42. The summed E-state index contributed by atoms with van der Waals surface area (Å²) >= 11 is 5.93. The van der Waals surface area contributed by atoms with Gasteiger partial charge < -0.3 is 10.6 Å². The van der Waals surface area contributed by atoms with Gasteiger partial charge in [-0.05, 0) is 49.3 Å². The van der Waals surface area contributed by atoms with E-state index in [9.17, 15) is 4.79 Å². The van der Waals surface area contributed by atoms with Crippen LogP contribution < -0.4 is 10.6 Å². The third-order valence-corrected chi connectivity index (χ3v) is 6.15. The second-order valence-corrected chi connectivity index (χ2v) is 7.87. The molecular formula is C22H25ClN2O. The van der Waals surface area contributed by atoms with Crippen molar-refractivity contribution in [1.82, 2.24) is 10.6 Å². The van der Waals surface area contributed by atoms with E-state index in [-0.39, 0.29) is 17.5 Å². The van der Waals surface area contributed by atoms with Crippen LogP contribution in [0.3, 0.4) is 0 Å². The molecule has 26 heavy (non-hydrogen) atoms. The molecule has 2 aliphatic rings. The maximum absolute atomic E-state index is 13.2. The first-order valence-electron chi connectivity index (χ1n) is 9.49. The number of amides is 1. The molecule has 1 unspecified atom stereocenters. The van der Waals surface area contributed by atoms with Crippen molar-refractivity contribution in [2.24, 2.45) is 0 Å². The first kappa shape index (κ1) is 17.6. The van der Waals surface area contributed by atoms with Gasteiger partial charge in [0.15, 0.2) is 0 Å². The predicted octanol–water partition coefficient (Wildman–Crippen LogP) is 4.22. The Morgan fingerprint density at radius 1 is 1.12 bits per heavy atom. The Labute approximate surface area is 160 Å². The third-order valence-electron chi connectivity index (χ3n) is 5.96. The van der Waals surface area contributed by atoms with Crippen LogP contribution >= 0.6 is 11.6 Å². The van der Waals surface area contributed by atoms with Gasteiger partial charge in [-0.2, -0.15) is 0 Å². The van der Waals surface area contributed by atoms with Crippen molar-refractivity contribution < 1.29 is 4.79 Å². The standard InChI is InChI=1S/C22H25ClN2O/c23-15-12-16-6-4-5-9-19(16)21(26)24-20(17-7-2-1-3-8-17)22-13-10-18(25-22)11-14-22/h1-9,18,20,25H,10-15H2,(H,24,26). The molecule has 4 heteroatoms. The number of benzene rings is 2. The summed E-state index contributed by atoms with van der Waals surface area (Å²) in [5, 5.41) is 7.16. The van der Waals surface area contributed by atoms with Gasteiger partial charge in [0.1, 0.15) is 0 Å². The summed E-state index contributed by atoms with van der Waals surface area (Å²) in [7, 11) is 0. The summed E-state index contributed by atoms with van der Waals surface area (Å²) in [5.74, 6) is 0.505. The average molecular weight is 369 g/mol. The molecule has 1 amide bonds. The van der Waals surface area contributed by atoms with E-state index in [0.717, 1.165) is 24.0 Å². The van der Waals surface area contributed by atoms with Crippen molar-refractivity contribution >= 4 is 17.5 Å². The Balaban J connectivity index is 1.65. The van der Waals surface area contributed by atoms with E-state index in [0.29, 0.717) is 18.3 Å². The van der Waals surface area contributed by atoms with Crippen LogP contribution in [0.15, 0.2) is 54.6 Å². The van der Waals surface area contributed by atoms with Gasteiger partial charge in [-0.15, -0.1) is 11.6 Å². The highest BCUT2D eigenvalue weighted by molar-refractivity contribution is 6.18. The van der Waals surface area contributed by atoms with Crippen molar-refractivity contribution in [1.29, 1.82) is 0 Å². The molecule has 136 valence electrons. The minimum Gasteiger partial charge on any atom is -0.343 e. The first-order valence-corrected chi connectivity index (χ1v) is 10.0. The van der Waals surface area contributed by atoms with E-state index in [4.69, 9.17) is 11.6 Å². The van der Waals surface area contributed by atoms with Crippen LogP contribution in [0.5, 0.6) is 0 Å². The van der Waals surface area contributed by atoms with Gasteiger partial charge in [0, 0.05) is 23.0 Å². The molecule has 0 spiro atoms. The number of hydrogen-bond donors (Lipinski definition) is 2. The van der Waals surface area contributed by atoms with E-state index in [1.54, 1.807) is 0 Å². The van der Waals surface area contributed by atoms with Crippen molar-refractivity contribution in [2.75, 3.05) is 5.88 Å². The minimum absolute atomic E-state index is 0.00825. The molecule has 2 bridgehead atoms. The molecule has 0 saturated carbocycles. The predicted molar refractivity (Wildman–Crippen MR) is 106 cm³/mol. The van der Waals surface area contributed by atoms with Gasteiger partial charge in [0.2, 0.25) is 0 Å². The number of aryl methyl sites for hydroxylation is 1.